The number of nitrogens with zero attached hydrogens (tertiary/aromatic N) is 1. The standard InChI is InChI=1S/C15H27NO3/c1-4-5-6-7-8-9-10-11-12(17)13-14(19-13)15(18)16(2)3/h13-14H,4-11H2,1-3H3. The van der Waals surface area contributed by atoms with Gasteiger partial charge < -0.3 is 9.64 Å². The van der Waals surface area contributed by atoms with Crippen molar-refractivity contribution in [3.8, 4) is 0 Å². The number of rotatable bonds is 10. The molecule has 2 unspecified atom stereocenters. The molecule has 19 heavy (non-hydrogen) atoms. The number of epoxide rings is 1. The highest BCUT2D eigenvalue weighted by atomic mass is 16.6. The molecule has 1 saturated heterocycles. The van der Waals surface area contributed by atoms with Crippen molar-refractivity contribution in [2.45, 2.75) is 70.5 Å². The predicted molar refractivity (Wildman–Crippen MR) is 75.0 cm³/mol. The van der Waals surface area contributed by atoms with Gasteiger partial charge >= 0.3 is 0 Å². The van der Waals surface area contributed by atoms with E-state index in [1.807, 2.05) is 0 Å². The molecular weight excluding hydrogens is 242 g/mol. The molecule has 0 saturated carbocycles. The molecule has 0 bridgehead atoms. The summed E-state index contributed by atoms with van der Waals surface area (Å²) in [7, 11) is 3.36. The second kappa shape index (κ2) is 8.31. The number of ether oxygens (including phenoxy) is 1. The number of carbonyl (C=O) groups is 2. The molecule has 0 radical (unpaired) electrons. The number of amides is 1. The van der Waals surface area contributed by atoms with Crippen LogP contribution >= 0.6 is 0 Å². The van der Waals surface area contributed by atoms with E-state index in [9.17, 15) is 9.59 Å². The lowest BCUT2D eigenvalue weighted by atomic mass is 10.0. The zero-order chi connectivity index (χ0) is 14.3. The lowest BCUT2D eigenvalue weighted by Gasteiger charge is -2.06. The van der Waals surface area contributed by atoms with Crippen molar-refractivity contribution in [3.63, 3.8) is 0 Å². The molecule has 0 aromatic carbocycles. The van der Waals surface area contributed by atoms with Gasteiger partial charge in [-0.05, 0) is 6.42 Å². The molecule has 2 atom stereocenters. The molecule has 1 amide bonds. The second-order valence-corrected chi connectivity index (χ2v) is 5.55. The molecule has 1 rings (SSSR count). The highest BCUT2D eigenvalue weighted by Crippen LogP contribution is 2.26. The summed E-state index contributed by atoms with van der Waals surface area (Å²) in [6.45, 7) is 2.21. The van der Waals surface area contributed by atoms with Gasteiger partial charge in [-0.25, -0.2) is 0 Å². The Hall–Kier alpha value is -0.900. The van der Waals surface area contributed by atoms with Gasteiger partial charge in [0.2, 0.25) is 0 Å². The monoisotopic (exact) mass is 269 g/mol. The first-order valence-corrected chi connectivity index (χ1v) is 7.47. The number of likely N-dealkylation sites (N-methyl/N-ethyl adjacent to an activating group) is 1. The van der Waals surface area contributed by atoms with Crippen molar-refractivity contribution in [2.75, 3.05) is 14.1 Å². The van der Waals surface area contributed by atoms with Gasteiger partial charge in [-0.15, -0.1) is 0 Å². The van der Waals surface area contributed by atoms with E-state index in [-0.39, 0.29) is 11.7 Å². The van der Waals surface area contributed by atoms with E-state index in [1.165, 1.54) is 37.0 Å². The molecule has 1 fully saturated rings. The minimum atomic E-state index is -0.507. The Morgan fingerprint density at radius 2 is 1.53 bits per heavy atom. The molecule has 4 nitrogen and oxygen atoms in total. The Balaban J connectivity index is 2.02. The largest absolute Gasteiger partial charge is 0.351 e. The van der Waals surface area contributed by atoms with Crippen molar-refractivity contribution in [2.24, 2.45) is 0 Å². The van der Waals surface area contributed by atoms with Gasteiger partial charge in [0.25, 0.3) is 5.91 Å². The summed E-state index contributed by atoms with van der Waals surface area (Å²) in [5, 5.41) is 0. The first-order valence-electron chi connectivity index (χ1n) is 7.47. The van der Waals surface area contributed by atoms with Crippen LogP contribution in [-0.4, -0.2) is 42.9 Å². The van der Waals surface area contributed by atoms with Gasteiger partial charge in [0, 0.05) is 20.5 Å². The topological polar surface area (TPSA) is 49.9 Å². The Morgan fingerprint density at radius 3 is 2.11 bits per heavy atom. The average Bonchev–Trinajstić information content (AvgIpc) is 3.16. The lowest BCUT2D eigenvalue weighted by molar-refractivity contribution is -0.130. The van der Waals surface area contributed by atoms with Crippen molar-refractivity contribution < 1.29 is 14.3 Å². The molecule has 4 heteroatoms. The van der Waals surface area contributed by atoms with Crippen molar-refractivity contribution in [1.82, 2.24) is 4.90 Å². The number of ketones is 1. The van der Waals surface area contributed by atoms with Crippen LogP contribution in [0.1, 0.15) is 58.3 Å². The third-order valence-electron chi connectivity index (χ3n) is 3.52. The van der Waals surface area contributed by atoms with E-state index < -0.39 is 12.2 Å². The second-order valence-electron chi connectivity index (χ2n) is 5.55. The van der Waals surface area contributed by atoms with E-state index in [4.69, 9.17) is 4.74 Å². The molecular formula is C15H27NO3. The maximum atomic E-state index is 11.8. The van der Waals surface area contributed by atoms with Crippen molar-refractivity contribution in [3.05, 3.63) is 0 Å². The molecule has 0 spiro atoms. The van der Waals surface area contributed by atoms with E-state index in [0.717, 1.165) is 12.8 Å². The number of hydrogen-bond donors (Lipinski definition) is 0. The van der Waals surface area contributed by atoms with Crippen LogP contribution in [0, 0.1) is 0 Å². The van der Waals surface area contributed by atoms with Crippen LogP contribution in [0.15, 0.2) is 0 Å². The summed E-state index contributed by atoms with van der Waals surface area (Å²) in [6.07, 6.45) is 7.96. The molecule has 0 N–H and O–H groups in total. The maximum absolute atomic E-state index is 11.8. The van der Waals surface area contributed by atoms with E-state index in [0.29, 0.717) is 6.42 Å². The Bertz CT molecular complexity index is 302. The third-order valence-corrected chi connectivity index (χ3v) is 3.52. The van der Waals surface area contributed by atoms with E-state index in [2.05, 4.69) is 6.92 Å². The normalized spacial score (nSPS) is 21.2. The van der Waals surface area contributed by atoms with Gasteiger partial charge in [0.05, 0.1) is 0 Å². The summed E-state index contributed by atoms with van der Waals surface area (Å²) in [5.74, 6) is -0.00771. The first kappa shape index (κ1) is 16.2. The van der Waals surface area contributed by atoms with Crippen LogP contribution in [0.4, 0.5) is 0 Å². The number of hydrogen-bond acceptors (Lipinski definition) is 3. The average molecular weight is 269 g/mol. The van der Waals surface area contributed by atoms with Gasteiger partial charge in [-0.3, -0.25) is 9.59 Å². The third kappa shape index (κ3) is 5.72. The molecule has 1 aliphatic rings. The first-order chi connectivity index (χ1) is 9.07. The summed E-state index contributed by atoms with van der Waals surface area (Å²) in [4.78, 5) is 24.8. The van der Waals surface area contributed by atoms with Crippen molar-refractivity contribution >= 4 is 11.7 Å². The van der Waals surface area contributed by atoms with E-state index >= 15 is 0 Å². The Labute approximate surface area is 116 Å². The van der Waals surface area contributed by atoms with Gasteiger partial charge in [-0.1, -0.05) is 45.4 Å². The maximum Gasteiger partial charge on any atom is 0.254 e. The molecule has 110 valence electrons. The molecule has 1 heterocycles. The van der Waals surface area contributed by atoms with Crippen LogP contribution in [0.25, 0.3) is 0 Å². The highest BCUT2D eigenvalue weighted by Gasteiger charge is 2.49. The van der Waals surface area contributed by atoms with E-state index in [1.54, 1.807) is 14.1 Å². The Morgan fingerprint density at radius 1 is 0.947 bits per heavy atom. The SMILES string of the molecule is CCCCCCCCCC(=O)C1OC1C(=O)N(C)C. The van der Waals surface area contributed by atoms with Gasteiger partial charge in [0.15, 0.2) is 18.0 Å². The molecule has 0 aromatic heterocycles. The van der Waals surface area contributed by atoms with Gasteiger partial charge in [-0.2, -0.15) is 0 Å². The molecule has 0 aromatic rings. The number of Topliss-reactive ketones (excluding diaryl/α,β-unsaturated/α-hetero) is 1. The van der Waals surface area contributed by atoms with Crippen LogP contribution in [0.5, 0.6) is 0 Å². The summed E-state index contributed by atoms with van der Waals surface area (Å²) >= 11 is 0. The van der Waals surface area contributed by atoms with Crippen LogP contribution in [-0.2, 0) is 14.3 Å². The summed E-state index contributed by atoms with van der Waals surface area (Å²) < 4.78 is 5.17. The van der Waals surface area contributed by atoms with Gasteiger partial charge in [0.1, 0.15) is 0 Å². The molecule has 0 aliphatic carbocycles. The Kier molecular flexibility index (Phi) is 7.06. The van der Waals surface area contributed by atoms with Crippen LogP contribution in [0.2, 0.25) is 0 Å². The smallest absolute Gasteiger partial charge is 0.254 e. The lowest BCUT2D eigenvalue weighted by Crippen LogP contribution is -2.29. The summed E-state index contributed by atoms with van der Waals surface area (Å²) in [6, 6.07) is 0. The zero-order valence-corrected chi connectivity index (χ0v) is 12.5. The fourth-order valence-electron chi connectivity index (χ4n) is 2.20. The minimum Gasteiger partial charge on any atom is -0.351 e. The minimum absolute atomic E-state index is 0.0914. The number of unbranched alkanes of at least 4 members (excludes halogenated alkanes) is 6. The van der Waals surface area contributed by atoms with Crippen LogP contribution < -0.4 is 0 Å². The van der Waals surface area contributed by atoms with Crippen molar-refractivity contribution in [1.29, 1.82) is 0 Å². The highest BCUT2D eigenvalue weighted by molar-refractivity contribution is 5.95. The fourth-order valence-corrected chi connectivity index (χ4v) is 2.20. The number of carbonyl (C=O) groups excluding carboxylic acids is 2. The fraction of sp³-hybridized carbons (Fsp3) is 0.867. The quantitative estimate of drug-likeness (QED) is 0.452. The summed E-state index contributed by atoms with van der Waals surface area (Å²) in [5.41, 5.74) is 0. The molecule has 1 aliphatic heterocycles. The zero-order valence-electron chi connectivity index (χ0n) is 12.5. The predicted octanol–water partition coefficient (Wildman–Crippen LogP) is 2.55. The van der Waals surface area contributed by atoms with Crippen LogP contribution in [0.3, 0.4) is 0 Å².